The Balaban J connectivity index is 2.11. The van der Waals surface area contributed by atoms with Crippen LogP contribution in [0.15, 0.2) is 42.5 Å². The van der Waals surface area contributed by atoms with Gasteiger partial charge in [-0.05, 0) is 48.4 Å². The summed E-state index contributed by atoms with van der Waals surface area (Å²) in [5, 5.41) is 14.0. The van der Waals surface area contributed by atoms with Crippen molar-refractivity contribution in [2.24, 2.45) is 5.92 Å². The van der Waals surface area contributed by atoms with Crippen LogP contribution < -0.4 is 15.4 Å². The van der Waals surface area contributed by atoms with Crippen molar-refractivity contribution in [2.75, 3.05) is 17.2 Å². The molecule has 0 saturated carbocycles. The fourth-order valence-corrected chi connectivity index (χ4v) is 2.72. The molecule has 9 heteroatoms. The Morgan fingerprint density at radius 2 is 1.86 bits per heavy atom. The predicted molar refractivity (Wildman–Crippen MR) is 105 cm³/mol. The molecule has 2 aromatic rings. The standard InChI is InChI=1S/C20H19ClF3N3O2/c1-12(2)18(27-17-8-3-13(11-16(17)21)20(22,23)24)19(28)26-14-4-6-15(7-5-14)29-10-9-25/h3-8,11-12,18,27H,10H2,1-2H3,(H,26,28)/t18-/m0/s1. The van der Waals surface area contributed by atoms with Crippen LogP contribution in [0.4, 0.5) is 24.5 Å². The number of alkyl halides is 3. The number of ether oxygens (including phenoxy) is 1. The molecule has 0 spiro atoms. The lowest BCUT2D eigenvalue weighted by Gasteiger charge is -2.24. The van der Waals surface area contributed by atoms with E-state index in [9.17, 15) is 18.0 Å². The van der Waals surface area contributed by atoms with Crippen molar-refractivity contribution < 1.29 is 22.7 Å². The molecule has 2 N–H and O–H groups in total. The average Bonchev–Trinajstić information content (AvgIpc) is 2.65. The van der Waals surface area contributed by atoms with E-state index < -0.39 is 17.8 Å². The number of anilines is 2. The zero-order valence-electron chi connectivity index (χ0n) is 15.7. The van der Waals surface area contributed by atoms with E-state index in [-0.39, 0.29) is 29.1 Å². The number of amides is 1. The summed E-state index contributed by atoms with van der Waals surface area (Å²) in [4.78, 5) is 12.7. The monoisotopic (exact) mass is 425 g/mol. The first kappa shape index (κ1) is 22.4. The summed E-state index contributed by atoms with van der Waals surface area (Å²) in [6.07, 6.45) is -4.50. The van der Waals surface area contributed by atoms with Crippen LogP contribution in [0, 0.1) is 17.2 Å². The zero-order chi connectivity index (χ0) is 21.6. The van der Waals surface area contributed by atoms with E-state index in [1.807, 2.05) is 6.07 Å². The number of benzene rings is 2. The number of rotatable bonds is 7. The number of carbonyl (C=O) groups excluding carboxylic acids is 1. The van der Waals surface area contributed by atoms with Crippen LogP contribution in [-0.2, 0) is 11.0 Å². The molecule has 0 heterocycles. The maximum atomic E-state index is 12.8. The Labute approximate surface area is 171 Å². The minimum Gasteiger partial charge on any atom is -0.479 e. The molecule has 0 aromatic heterocycles. The third kappa shape index (κ3) is 6.29. The second-order valence-corrected chi connectivity index (χ2v) is 6.93. The highest BCUT2D eigenvalue weighted by Gasteiger charge is 2.31. The quantitative estimate of drug-likeness (QED) is 0.628. The SMILES string of the molecule is CC(C)[C@H](Nc1ccc(C(F)(F)F)cc1Cl)C(=O)Nc1ccc(OCC#N)cc1. The molecule has 2 aromatic carbocycles. The molecule has 29 heavy (non-hydrogen) atoms. The number of nitrogens with one attached hydrogen (secondary N) is 2. The van der Waals surface area contributed by atoms with Gasteiger partial charge in [0.1, 0.15) is 17.9 Å². The van der Waals surface area contributed by atoms with Gasteiger partial charge in [0.15, 0.2) is 6.61 Å². The molecular weight excluding hydrogens is 407 g/mol. The molecule has 0 radical (unpaired) electrons. The van der Waals surface area contributed by atoms with Gasteiger partial charge in [0.2, 0.25) is 5.91 Å². The molecule has 0 bridgehead atoms. The van der Waals surface area contributed by atoms with Crippen molar-refractivity contribution in [3.63, 3.8) is 0 Å². The molecule has 1 atom stereocenters. The molecule has 0 unspecified atom stereocenters. The molecule has 0 aliphatic carbocycles. The van der Waals surface area contributed by atoms with Crippen molar-refractivity contribution in [3.8, 4) is 11.8 Å². The van der Waals surface area contributed by atoms with Crippen LogP contribution in [0.2, 0.25) is 5.02 Å². The van der Waals surface area contributed by atoms with E-state index in [1.165, 1.54) is 6.07 Å². The average molecular weight is 426 g/mol. The Kier molecular flexibility index (Phi) is 7.35. The molecule has 154 valence electrons. The first-order valence-corrected chi connectivity index (χ1v) is 9.03. The van der Waals surface area contributed by atoms with Crippen molar-refractivity contribution >= 4 is 28.9 Å². The topological polar surface area (TPSA) is 74.2 Å². The number of nitriles is 1. The van der Waals surface area contributed by atoms with Crippen LogP contribution in [-0.4, -0.2) is 18.6 Å². The number of carbonyl (C=O) groups is 1. The van der Waals surface area contributed by atoms with Crippen LogP contribution in [0.1, 0.15) is 19.4 Å². The van der Waals surface area contributed by atoms with E-state index in [0.717, 1.165) is 12.1 Å². The lowest BCUT2D eigenvalue weighted by molar-refractivity contribution is -0.137. The highest BCUT2D eigenvalue weighted by Crippen LogP contribution is 2.34. The van der Waals surface area contributed by atoms with E-state index in [1.54, 1.807) is 38.1 Å². The van der Waals surface area contributed by atoms with Gasteiger partial charge >= 0.3 is 6.18 Å². The lowest BCUT2D eigenvalue weighted by atomic mass is 10.0. The number of hydrogen-bond donors (Lipinski definition) is 2. The smallest absolute Gasteiger partial charge is 0.416 e. The molecule has 5 nitrogen and oxygen atoms in total. The minimum atomic E-state index is -4.50. The molecule has 0 fully saturated rings. The first-order chi connectivity index (χ1) is 13.6. The van der Waals surface area contributed by atoms with Crippen molar-refractivity contribution in [1.82, 2.24) is 0 Å². The van der Waals surface area contributed by atoms with Gasteiger partial charge in [-0.25, -0.2) is 0 Å². The molecule has 0 saturated heterocycles. The molecule has 0 aliphatic heterocycles. The summed E-state index contributed by atoms with van der Waals surface area (Å²) >= 11 is 5.98. The van der Waals surface area contributed by atoms with Gasteiger partial charge in [0.05, 0.1) is 16.3 Å². The lowest BCUT2D eigenvalue weighted by Crippen LogP contribution is -2.39. The summed E-state index contributed by atoms with van der Waals surface area (Å²) in [6, 6.07) is 10.5. The van der Waals surface area contributed by atoms with Gasteiger partial charge in [-0.3, -0.25) is 4.79 Å². The van der Waals surface area contributed by atoms with Crippen LogP contribution in [0.25, 0.3) is 0 Å². The largest absolute Gasteiger partial charge is 0.479 e. The maximum Gasteiger partial charge on any atom is 0.416 e. The summed E-state index contributed by atoms with van der Waals surface area (Å²) < 4.78 is 43.5. The van der Waals surface area contributed by atoms with Crippen molar-refractivity contribution in [1.29, 1.82) is 5.26 Å². The Hall–Kier alpha value is -2.92. The third-order valence-corrected chi connectivity index (χ3v) is 4.29. The Bertz CT molecular complexity index is 893. The van der Waals surface area contributed by atoms with E-state index in [4.69, 9.17) is 21.6 Å². The second kappa shape index (κ2) is 9.52. The van der Waals surface area contributed by atoms with Gasteiger partial charge in [-0.1, -0.05) is 25.4 Å². The van der Waals surface area contributed by atoms with Crippen LogP contribution >= 0.6 is 11.6 Å². The van der Waals surface area contributed by atoms with Gasteiger partial charge in [0, 0.05) is 5.69 Å². The molecular formula is C20H19ClF3N3O2. The van der Waals surface area contributed by atoms with Gasteiger partial charge in [-0.15, -0.1) is 0 Å². The number of nitrogens with zero attached hydrogens (tertiary/aromatic N) is 1. The normalized spacial score (nSPS) is 12.2. The van der Waals surface area contributed by atoms with Crippen LogP contribution in [0.3, 0.4) is 0 Å². The van der Waals surface area contributed by atoms with Gasteiger partial charge in [0.25, 0.3) is 0 Å². The first-order valence-electron chi connectivity index (χ1n) is 8.65. The second-order valence-electron chi connectivity index (χ2n) is 6.52. The fraction of sp³-hybridized carbons (Fsp3) is 0.300. The summed E-state index contributed by atoms with van der Waals surface area (Å²) in [5.74, 6) is -0.0622. The molecule has 1 amide bonds. The van der Waals surface area contributed by atoms with Gasteiger partial charge < -0.3 is 15.4 Å². The highest BCUT2D eigenvalue weighted by molar-refractivity contribution is 6.33. The van der Waals surface area contributed by atoms with Crippen molar-refractivity contribution in [3.05, 3.63) is 53.1 Å². The van der Waals surface area contributed by atoms with E-state index >= 15 is 0 Å². The number of hydrogen-bond acceptors (Lipinski definition) is 4. The Morgan fingerprint density at radius 3 is 2.38 bits per heavy atom. The highest BCUT2D eigenvalue weighted by atomic mass is 35.5. The fourth-order valence-electron chi connectivity index (χ4n) is 2.48. The maximum absolute atomic E-state index is 12.8. The van der Waals surface area contributed by atoms with Crippen molar-refractivity contribution in [2.45, 2.75) is 26.1 Å². The summed E-state index contributed by atoms with van der Waals surface area (Å²) in [5.41, 5.74) is -0.128. The molecule has 2 rings (SSSR count). The number of halogens is 4. The van der Waals surface area contributed by atoms with Crippen LogP contribution in [0.5, 0.6) is 5.75 Å². The molecule has 0 aliphatic rings. The van der Waals surface area contributed by atoms with E-state index in [2.05, 4.69) is 10.6 Å². The third-order valence-electron chi connectivity index (χ3n) is 3.98. The predicted octanol–water partition coefficient (Wildman–Crippen LogP) is 5.34. The summed E-state index contributed by atoms with van der Waals surface area (Å²) in [6.45, 7) is 3.51. The zero-order valence-corrected chi connectivity index (χ0v) is 16.4. The van der Waals surface area contributed by atoms with E-state index in [0.29, 0.717) is 11.4 Å². The minimum absolute atomic E-state index is 0.0844. The summed E-state index contributed by atoms with van der Waals surface area (Å²) in [7, 11) is 0. The van der Waals surface area contributed by atoms with Gasteiger partial charge in [-0.2, -0.15) is 18.4 Å². The Morgan fingerprint density at radius 1 is 1.21 bits per heavy atom.